The van der Waals surface area contributed by atoms with Gasteiger partial charge >= 0.3 is 0 Å². The topological polar surface area (TPSA) is 19.4 Å². The van der Waals surface area contributed by atoms with E-state index in [0.717, 1.165) is 18.6 Å². The molecule has 3 heterocycles. The number of rotatable bonds is 3. The monoisotopic (exact) mass is 361 g/mol. The van der Waals surface area contributed by atoms with E-state index in [2.05, 4.69) is 86.8 Å². The van der Waals surface area contributed by atoms with Gasteiger partial charge in [0, 0.05) is 36.9 Å². The summed E-state index contributed by atoms with van der Waals surface area (Å²) in [5.41, 5.74) is 3.74. The van der Waals surface area contributed by atoms with Crippen molar-refractivity contribution in [3.63, 3.8) is 0 Å². The highest BCUT2D eigenvalue weighted by Crippen LogP contribution is 2.47. The summed E-state index contributed by atoms with van der Waals surface area (Å²) in [7, 11) is 0. The summed E-state index contributed by atoms with van der Waals surface area (Å²) in [6, 6.07) is 21.5. The molecule has 132 valence electrons. The number of fused-ring (bicyclic) bond motifs is 1. The molecule has 1 unspecified atom stereocenters. The molecule has 2 saturated heterocycles. The van der Waals surface area contributed by atoms with E-state index in [1.54, 1.807) is 0 Å². The second kappa shape index (κ2) is 6.60. The van der Waals surface area contributed by atoms with Crippen LogP contribution in [0.4, 0.5) is 5.69 Å². The van der Waals surface area contributed by atoms with Crippen LogP contribution in [0.1, 0.15) is 18.4 Å². The molecule has 2 fully saturated rings. The fourth-order valence-corrected chi connectivity index (χ4v) is 5.69. The van der Waals surface area contributed by atoms with Gasteiger partial charge in [0.25, 0.3) is 0 Å². The van der Waals surface area contributed by atoms with Gasteiger partial charge in [0.2, 0.25) is 0 Å². The Balaban J connectivity index is 1.27. The van der Waals surface area contributed by atoms with Gasteiger partial charge < -0.3 is 4.31 Å². The summed E-state index contributed by atoms with van der Waals surface area (Å²) in [5, 5.41) is 1.24. The van der Waals surface area contributed by atoms with Gasteiger partial charge in [0.05, 0.1) is 10.3 Å². The zero-order chi connectivity index (χ0) is 17.4. The van der Waals surface area contributed by atoms with E-state index in [1.165, 1.54) is 42.6 Å². The molecule has 0 amide bonds. The van der Waals surface area contributed by atoms with Crippen molar-refractivity contribution in [2.24, 2.45) is 0 Å². The standard InChI is InChI=1S/C22H23N3S/c1-2-7-20(8-3-1)25-13-11-22(26-25)10-12-24(17-22)16-18-14-19-6-4-5-9-21(19)23-15-18/h1-9,14-15H,10-13,16-17H2. The Kier molecular flexibility index (Phi) is 4.10. The van der Waals surface area contributed by atoms with E-state index in [-0.39, 0.29) is 0 Å². The summed E-state index contributed by atoms with van der Waals surface area (Å²) in [4.78, 5) is 7.23. The van der Waals surface area contributed by atoms with Gasteiger partial charge in [-0.2, -0.15) is 0 Å². The third-order valence-electron chi connectivity index (χ3n) is 5.57. The van der Waals surface area contributed by atoms with Crippen molar-refractivity contribution < 1.29 is 0 Å². The number of nitrogens with zero attached hydrogens (tertiary/aromatic N) is 3. The van der Waals surface area contributed by atoms with E-state index in [0.29, 0.717) is 4.75 Å². The van der Waals surface area contributed by atoms with Crippen LogP contribution in [-0.4, -0.2) is 34.3 Å². The van der Waals surface area contributed by atoms with E-state index in [1.807, 2.05) is 6.20 Å². The second-order valence-electron chi connectivity index (χ2n) is 7.46. The smallest absolute Gasteiger partial charge is 0.0702 e. The number of pyridine rings is 1. The lowest BCUT2D eigenvalue weighted by Crippen LogP contribution is -2.28. The molecule has 2 aliphatic heterocycles. The zero-order valence-electron chi connectivity index (χ0n) is 14.8. The Morgan fingerprint density at radius 2 is 1.77 bits per heavy atom. The van der Waals surface area contributed by atoms with Crippen LogP contribution in [0, 0.1) is 0 Å². The molecule has 1 atom stereocenters. The molecular formula is C22H23N3S. The lowest BCUT2D eigenvalue weighted by Gasteiger charge is -2.24. The van der Waals surface area contributed by atoms with Gasteiger partial charge in [-0.05, 0) is 61.2 Å². The number of aromatic nitrogens is 1. The van der Waals surface area contributed by atoms with Crippen LogP contribution < -0.4 is 4.31 Å². The third-order valence-corrected chi connectivity index (χ3v) is 7.11. The van der Waals surface area contributed by atoms with Crippen molar-refractivity contribution >= 4 is 28.5 Å². The summed E-state index contributed by atoms with van der Waals surface area (Å²) < 4.78 is 2.88. The average Bonchev–Trinajstić information content (AvgIpc) is 3.29. The predicted octanol–water partition coefficient (Wildman–Crippen LogP) is 4.74. The number of para-hydroxylation sites is 2. The van der Waals surface area contributed by atoms with Gasteiger partial charge in [0.1, 0.15) is 0 Å². The Morgan fingerprint density at radius 1 is 0.962 bits per heavy atom. The van der Waals surface area contributed by atoms with Crippen LogP contribution in [0.25, 0.3) is 10.9 Å². The molecule has 0 saturated carbocycles. The number of hydrogen-bond acceptors (Lipinski definition) is 4. The average molecular weight is 362 g/mol. The minimum Gasteiger partial charge on any atom is -0.316 e. The second-order valence-corrected chi connectivity index (χ2v) is 8.95. The first-order valence-electron chi connectivity index (χ1n) is 9.38. The molecule has 3 nitrogen and oxygen atoms in total. The highest BCUT2D eigenvalue weighted by Gasteiger charge is 2.44. The highest BCUT2D eigenvalue weighted by molar-refractivity contribution is 8.02. The van der Waals surface area contributed by atoms with Gasteiger partial charge in [-0.25, -0.2) is 0 Å². The molecule has 1 aromatic heterocycles. The summed E-state index contributed by atoms with van der Waals surface area (Å²) >= 11 is 2.07. The number of benzene rings is 2. The maximum absolute atomic E-state index is 4.62. The van der Waals surface area contributed by atoms with Crippen molar-refractivity contribution in [1.82, 2.24) is 9.88 Å². The molecule has 2 aliphatic rings. The van der Waals surface area contributed by atoms with Crippen molar-refractivity contribution in [3.8, 4) is 0 Å². The lowest BCUT2D eigenvalue weighted by molar-refractivity contribution is 0.322. The SMILES string of the molecule is c1ccc(N2CCC3(CCN(Cc4cnc5ccccc5c4)C3)S2)cc1. The Labute approximate surface area is 159 Å². The molecule has 0 bridgehead atoms. The van der Waals surface area contributed by atoms with Gasteiger partial charge in [-0.1, -0.05) is 36.4 Å². The van der Waals surface area contributed by atoms with Gasteiger partial charge in [0.15, 0.2) is 0 Å². The van der Waals surface area contributed by atoms with Crippen molar-refractivity contribution in [2.45, 2.75) is 24.1 Å². The Morgan fingerprint density at radius 3 is 2.69 bits per heavy atom. The first-order chi connectivity index (χ1) is 12.8. The number of hydrogen-bond donors (Lipinski definition) is 0. The van der Waals surface area contributed by atoms with Crippen LogP contribution in [-0.2, 0) is 6.54 Å². The first kappa shape index (κ1) is 16.2. The normalized spacial score (nSPS) is 23.3. The molecule has 3 aromatic rings. The summed E-state index contributed by atoms with van der Waals surface area (Å²) in [5.74, 6) is 0. The molecule has 0 radical (unpaired) electrons. The van der Waals surface area contributed by atoms with E-state index >= 15 is 0 Å². The number of anilines is 1. The van der Waals surface area contributed by atoms with Gasteiger partial charge in [-0.15, -0.1) is 0 Å². The molecule has 1 spiro atoms. The quantitative estimate of drug-likeness (QED) is 0.628. The van der Waals surface area contributed by atoms with E-state index in [9.17, 15) is 0 Å². The van der Waals surface area contributed by atoms with Crippen molar-refractivity contribution in [2.75, 3.05) is 23.9 Å². The van der Waals surface area contributed by atoms with E-state index < -0.39 is 0 Å². The molecule has 0 N–H and O–H groups in total. The predicted molar refractivity (Wildman–Crippen MR) is 110 cm³/mol. The van der Waals surface area contributed by atoms with Crippen LogP contribution in [0.15, 0.2) is 66.9 Å². The summed E-state index contributed by atoms with van der Waals surface area (Å²) in [6.45, 7) is 4.52. The fraction of sp³-hybridized carbons (Fsp3) is 0.318. The van der Waals surface area contributed by atoms with Crippen LogP contribution in [0.5, 0.6) is 0 Å². The van der Waals surface area contributed by atoms with Crippen LogP contribution in [0.3, 0.4) is 0 Å². The molecular weight excluding hydrogens is 338 g/mol. The largest absolute Gasteiger partial charge is 0.316 e. The third kappa shape index (κ3) is 3.08. The minimum absolute atomic E-state index is 0.389. The van der Waals surface area contributed by atoms with Gasteiger partial charge in [-0.3, -0.25) is 9.88 Å². The van der Waals surface area contributed by atoms with Crippen molar-refractivity contribution in [3.05, 3.63) is 72.4 Å². The number of likely N-dealkylation sites (tertiary alicyclic amines) is 1. The fourth-order valence-electron chi connectivity index (χ4n) is 4.21. The Bertz CT molecular complexity index is 913. The van der Waals surface area contributed by atoms with Crippen LogP contribution in [0.2, 0.25) is 0 Å². The van der Waals surface area contributed by atoms with Crippen molar-refractivity contribution in [1.29, 1.82) is 0 Å². The molecule has 2 aromatic carbocycles. The molecule has 26 heavy (non-hydrogen) atoms. The lowest BCUT2D eigenvalue weighted by atomic mass is 10.0. The summed E-state index contributed by atoms with van der Waals surface area (Å²) in [6.07, 6.45) is 4.60. The van der Waals surface area contributed by atoms with Crippen LogP contribution >= 0.6 is 11.9 Å². The first-order valence-corrected chi connectivity index (χ1v) is 10.1. The Hall–Kier alpha value is -2.04. The zero-order valence-corrected chi connectivity index (χ0v) is 15.7. The maximum Gasteiger partial charge on any atom is 0.0702 e. The molecule has 0 aliphatic carbocycles. The molecule has 4 heteroatoms. The minimum atomic E-state index is 0.389. The maximum atomic E-state index is 4.62. The molecule has 5 rings (SSSR count). The highest BCUT2D eigenvalue weighted by atomic mass is 32.2. The van der Waals surface area contributed by atoms with E-state index in [4.69, 9.17) is 0 Å².